The fourth-order valence-corrected chi connectivity index (χ4v) is 3.79. The van der Waals surface area contributed by atoms with E-state index in [2.05, 4.69) is 5.32 Å². The molecule has 0 bridgehead atoms. The number of fused-ring (bicyclic) bond motifs is 1. The van der Waals surface area contributed by atoms with Gasteiger partial charge in [-0.25, -0.2) is 0 Å². The van der Waals surface area contributed by atoms with E-state index in [0.717, 1.165) is 16.7 Å². The largest absolute Gasteiger partial charge is 0.492 e. The minimum atomic E-state index is -0.873. The molecule has 170 valence electrons. The van der Waals surface area contributed by atoms with Gasteiger partial charge in [-0.15, -0.1) is 0 Å². The van der Waals surface area contributed by atoms with Crippen molar-refractivity contribution in [2.45, 2.75) is 31.5 Å². The summed E-state index contributed by atoms with van der Waals surface area (Å²) in [5.74, 6) is 0.145. The highest BCUT2D eigenvalue weighted by atomic mass is 16.5. The fraction of sp³-hybridized carbons (Fsp3) is 0.231. The van der Waals surface area contributed by atoms with Crippen LogP contribution in [0.2, 0.25) is 0 Å². The summed E-state index contributed by atoms with van der Waals surface area (Å²) in [5.41, 5.74) is 14.8. The van der Waals surface area contributed by atoms with Crippen molar-refractivity contribution in [3.05, 3.63) is 95.1 Å². The molecule has 3 aromatic carbocycles. The first kappa shape index (κ1) is 22.4. The number of ether oxygens (including phenoxy) is 2. The predicted molar refractivity (Wildman–Crippen MR) is 125 cm³/mol. The number of amides is 2. The van der Waals surface area contributed by atoms with Gasteiger partial charge in [-0.3, -0.25) is 9.59 Å². The molecule has 1 aliphatic rings. The van der Waals surface area contributed by atoms with Gasteiger partial charge in [-0.1, -0.05) is 54.6 Å². The van der Waals surface area contributed by atoms with Crippen LogP contribution in [0.5, 0.6) is 11.5 Å². The molecule has 0 saturated heterocycles. The van der Waals surface area contributed by atoms with E-state index >= 15 is 0 Å². The van der Waals surface area contributed by atoms with E-state index < -0.39 is 17.9 Å². The molecule has 0 spiro atoms. The average Bonchev–Trinajstić information content (AvgIpc) is 2.83. The Morgan fingerprint density at radius 2 is 1.76 bits per heavy atom. The molecule has 2 amide bonds. The highest BCUT2D eigenvalue weighted by molar-refractivity contribution is 6.00. The quantitative estimate of drug-likeness (QED) is 0.493. The summed E-state index contributed by atoms with van der Waals surface area (Å²) < 4.78 is 11.5. The van der Waals surface area contributed by atoms with Gasteiger partial charge < -0.3 is 26.3 Å². The number of benzene rings is 3. The Morgan fingerprint density at radius 1 is 1.00 bits per heavy atom. The number of nitrogens with two attached hydrogens (primary N) is 2. The molecule has 7 heteroatoms. The maximum absolute atomic E-state index is 12.9. The number of para-hydroxylation sites is 1. The summed E-state index contributed by atoms with van der Waals surface area (Å²) in [6.07, 6.45) is 0.947. The van der Waals surface area contributed by atoms with Crippen LogP contribution in [-0.2, 0) is 17.8 Å². The molecule has 1 aliphatic heterocycles. The predicted octanol–water partition coefficient (Wildman–Crippen LogP) is 2.87. The van der Waals surface area contributed by atoms with Crippen LogP contribution in [0.1, 0.15) is 39.5 Å². The van der Waals surface area contributed by atoms with E-state index in [9.17, 15) is 9.59 Å². The van der Waals surface area contributed by atoms with Crippen LogP contribution in [-0.4, -0.2) is 24.5 Å². The number of primary amides is 1. The van der Waals surface area contributed by atoms with E-state index in [4.69, 9.17) is 20.9 Å². The molecule has 7 nitrogen and oxygen atoms in total. The summed E-state index contributed by atoms with van der Waals surface area (Å²) in [5, 5.41) is 2.74. The molecule has 2 atom stereocenters. The van der Waals surface area contributed by atoms with Crippen LogP contribution >= 0.6 is 0 Å². The average molecular weight is 446 g/mol. The van der Waals surface area contributed by atoms with Crippen molar-refractivity contribution in [1.82, 2.24) is 5.32 Å². The van der Waals surface area contributed by atoms with E-state index in [1.807, 2.05) is 60.7 Å². The number of nitrogens with one attached hydrogen (secondary N) is 1. The topological polar surface area (TPSA) is 117 Å². The highest BCUT2D eigenvalue weighted by Gasteiger charge is 2.26. The highest BCUT2D eigenvalue weighted by Crippen LogP contribution is 2.33. The Morgan fingerprint density at radius 3 is 2.48 bits per heavy atom. The molecule has 4 rings (SSSR count). The van der Waals surface area contributed by atoms with Crippen LogP contribution in [0.15, 0.2) is 72.8 Å². The second-order valence-corrected chi connectivity index (χ2v) is 8.02. The summed E-state index contributed by atoms with van der Waals surface area (Å²) in [6.45, 7) is 0.906. The Balaban J connectivity index is 1.41. The van der Waals surface area contributed by atoms with Gasteiger partial charge in [0.2, 0.25) is 5.91 Å². The lowest BCUT2D eigenvalue weighted by molar-refractivity contribution is -0.119. The third-order valence-corrected chi connectivity index (χ3v) is 5.63. The Kier molecular flexibility index (Phi) is 6.90. The molecule has 0 aromatic heterocycles. The zero-order valence-electron chi connectivity index (χ0n) is 18.2. The van der Waals surface area contributed by atoms with E-state index in [0.29, 0.717) is 36.7 Å². The molecule has 5 N–H and O–H groups in total. The summed E-state index contributed by atoms with van der Waals surface area (Å²) in [4.78, 5) is 25.0. The van der Waals surface area contributed by atoms with Crippen LogP contribution < -0.4 is 26.3 Å². The first-order chi connectivity index (χ1) is 16.0. The fourth-order valence-electron chi connectivity index (χ4n) is 3.79. The monoisotopic (exact) mass is 445 g/mol. The van der Waals surface area contributed by atoms with Crippen molar-refractivity contribution in [2.75, 3.05) is 6.61 Å². The lowest BCUT2D eigenvalue weighted by atomic mass is 9.97. The van der Waals surface area contributed by atoms with Crippen LogP contribution in [0.3, 0.4) is 0 Å². The van der Waals surface area contributed by atoms with Crippen LogP contribution in [0.4, 0.5) is 0 Å². The smallest absolute Gasteiger partial charge is 0.255 e. The van der Waals surface area contributed by atoms with Crippen LogP contribution in [0, 0.1) is 0 Å². The number of carbonyl (C=O) groups excluding carboxylic acids is 2. The van der Waals surface area contributed by atoms with Gasteiger partial charge in [-0.05, 0) is 29.3 Å². The lowest BCUT2D eigenvalue weighted by Crippen LogP contribution is -2.46. The summed E-state index contributed by atoms with van der Waals surface area (Å²) in [7, 11) is 0. The summed E-state index contributed by atoms with van der Waals surface area (Å²) in [6, 6.07) is 21.5. The third kappa shape index (κ3) is 5.51. The maximum Gasteiger partial charge on any atom is 0.255 e. The molecule has 0 fully saturated rings. The molecule has 0 aliphatic carbocycles. The molecular weight excluding hydrogens is 418 g/mol. The molecule has 33 heavy (non-hydrogen) atoms. The standard InChI is InChI=1S/C26H27N3O4/c27-22-13-14-32-24-20(22)7-4-8-21(24)26(31)29-23(25(28)30)15-17-9-11-19(12-10-17)33-16-18-5-2-1-3-6-18/h1-12,22-23H,13-16,27H2,(H2,28,30)(H,29,31)/t22-,23-/m0/s1. The lowest BCUT2D eigenvalue weighted by Gasteiger charge is -2.25. The Labute approximate surface area is 192 Å². The van der Waals surface area contributed by atoms with Gasteiger partial charge in [0.05, 0.1) is 12.2 Å². The minimum Gasteiger partial charge on any atom is -0.492 e. The first-order valence-corrected chi connectivity index (χ1v) is 10.9. The molecule has 0 unspecified atom stereocenters. The molecule has 3 aromatic rings. The van der Waals surface area contributed by atoms with Crippen molar-refractivity contribution in [2.24, 2.45) is 11.5 Å². The first-order valence-electron chi connectivity index (χ1n) is 10.9. The summed E-state index contributed by atoms with van der Waals surface area (Å²) >= 11 is 0. The van der Waals surface area contributed by atoms with Crippen molar-refractivity contribution >= 4 is 11.8 Å². The van der Waals surface area contributed by atoms with Gasteiger partial charge in [0, 0.05) is 24.4 Å². The third-order valence-electron chi connectivity index (χ3n) is 5.63. The SMILES string of the molecule is NC(=O)[C@H](Cc1ccc(OCc2ccccc2)cc1)NC(=O)c1cccc2c1OCC[C@@H]2N. The molecular formula is C26H27N3O4. The van der Waals surface area contributed by atoms with Gasteiger partial charge in [0.15, 0.2) is 0 Å². The molecule has 0 saturated carbocycles. The molecule has 0 radical (unpaired) electrons. The number of hydrogen-bond acceptors (Lipinski definition) is 5. The zero-order valence-corrected chi connectivity index (χ0v) is 18.2. The van der Waals surface area contributed by atoms with Crippen molar-refractivity contribution in [3.63, 3.8) is 0 Å². The number of rotatable bonds is 8. The zero-order chi connectivity index (χ0) is 23.2. The van der Waals surface area contributed by atoms with Crippen molar-refractivity contribution in [3.8, 4) is 11.5 Å². The maximum atomic E-state index is 12.9. The normalized spacial score (nSPS) is 15.6. The van der Waals surface area contributed by atoms with E-state index in [-0.39, 0.29) is 12.5 Å². The van der Waals surface area contributed by atoms with E-state index in [1.165, 1.54) is 0 Å². The minimum absolute atomic E-state index is 0.184. The Bertz CT molecular complexity index is 1120. The van der Waals surface area contributed by atoms with Gasteiger partial charge >= 0.3 is 0 Å². The number of carbonyl (C=O) groups is 2. The second kappa shape index (κ2) is 10.2. The van der Waals surface area contributed by atoms with Crippen molar-refractivity contribution < 1.29 is 19.1 Å². The van der Waals surface area contributed by atoms with Gasteiger partial charge in [-0.2, -0.15) is 0 Å². The van der Waals surface area contributed by atoms with Gasteiger partial charge in [0.25, 0.3) is 5.91 Å². The van der Waals surface area contributed by atoms with Gasteiger partial charge in [0.1, 0.15) is 24.1 Å². The van der Waals surface area contributed by atoms with E-state index in [1.54, 1.807) is 12.1 Å². The van der Waals surface area contributed by atoms with Crippen LogP contribution in [0.25, 0.3) is 0 Å². The Hall–Kier alpha value is -3.84. The number of hydrogen-bond donors (Lipinski definition) is 3. The second-order valence-electron chi connectivity index (χ2n) is 8.02. The molecule has 1 heterocycles. The van der Waals surface area contributed by atoms with Crippen molar-refractivity contribution in [1.29, 1.82) is 0 Å².